The van der Waals surface area contributed by atoms with E-state index in [0.717, 1.165) is 29.8 Å². The number of nitrogen functional groups attached to an aromatic ring is 1. The first kappa shape index (κ1) is 11.1. The molecule has 3 heteroatoms. The third-order valence-corrected chi connectivity index (χ3v) is 3.66. The quantitative estimate of drug-likeness (QED) is 0.826. The molecular weight excluding hydrogens is 216 g/mol. The Labute approximate surface area is 100 Å². The van der Waals surface area contributed by atoms with E-state index in [1.807, 2.05) is 13.8 Å². The minimum Gasteiger partial charge on any atom is -0.399 e. The Morgan fingerprint density at radius 1 is 1.25 bits per heavy atom. The lowest BCUT2D eigenvalue weighted by Gasteiger charge is -2.03. The van der Waals surface area contributed by atoms with Gasteiger partial charge in [-0.1, -0.05) is 12.1 Å². The molecule has 1 aromatic carbocycles. The summed E-state index contributed by atoms with van der Waals surface area (Å²) in [6, 6.07) is 6.29. The van der Waals surface area contributed by atoms with Crippen LogP contribution in [0.1, 0.15) is 21.8 Å². The van der Waals surface area contributed by atoms with Crippen LogP contribution in [0.5, 0.6) is 0 Å². The maximum atomic E-state index is 5.88. The molecule has 0 amide bonds. The number of benzene rings is 1. The van der Waals surface area contributed by atoms with Crippen LogP contribution in [0, 0.1) is 13.8 Å². The summed E-state index contributed by atoms with van der Waals surface area (Å²) < 4.78 is 0. The highest BCUT2D eigenvalue weighted by Crippen LogP contribution is 2.16. The molecule has 2 rings (SSSR count). The minimum absolute atomic E-state index is 0.882. The van der Waals surface area contributed by atoms with Crippen LogP contribution < -0.4 is 5.73 Å². The zero-order valence-corrected chi connectivity index (χ0v) is 10.5. The van der Waals surface area contributed by atoms with E-state index in [1.54, 1.807) is 11.3 Å². The fourth-order valence-corrected chi connectivity index (χ4v) is 2.39. The van der Waals surface area contributed by atoms with Crippen molar-refractivity contribution in [1.82, 2.24) is 4.98 Å². The van der Waals surface area contributed by atoms with Gasteiger partial charge in [0.25, 0.3) is 0 Å². The van der Waals surface area contributed by atoms with E-state index in [4.69, 9.17) is 5.73 Å². The first-order chi connectivity index (χ1) is 7.65. The van der Waals surface area contributed by atoms with E-state index in [9.17, 15) is 0 Å². The fraction of sp³-hybridized carbons (Fsp3) is 0.308. The number of aromatic nitrogens is 1. The number of thiazole rings is 1. The van der Waals surface area contributed by atoms with Gasteiger partial charge in [-0.3, -0.25) is 0 Å². The SMILES string of the molecule is Cc1csc(CCc2ccc(C)c(N)c2)n1. The second kappa shape index (κ2) is 4.66. The van der Waals surface area contributed by atoms with Crippen LogP contribution in [0.15, 0.2) is 23.6 Å². The lowest BCUT2D eigenvalue weighted by molar-refractivity contribution is 0.936. The van der Waals surface area contributed by atoms with E-state index < -0.39 is 0 Å². The number of nitrogens with two attached hydrogens (primary N) is 1. The summed E-state index contributed by atoms with van der Waals surface area (Å²) in [5, 5.41) is 3.30. The van der Waals surface area contributed by atoms with Crippen molar-refractivity contribution in [3.63, 3.8) is 0 Å². The van der Waals surface area contributed by atoms with Gasteiger partial charge in [-0.05, 0) is 37.5 Å². The predicted octanol–water partition coefficient (Wildman–Crippen LogP) is 3.13. The topological polar surface area (TPSA) is 38.9 Å². The Bertz CT molecular complexity index is 488. The Morgan fingerprint density at radius 2 is 2.06 bits per heavy atom. The number of aryl methyl sites for hydroxylation is 4. The normalized spacial score (nSPS) is 10.6. The second-order valence-electron chi connectivity index (χ2n) is 4.07. The molecule has 2 aromatic rings. The highest BCUT2D eigenvalue weighted by molar-refractivity contribution is 7.09. The zero-order valence-electron chi connectivity index (χ0n) is 9.66. The zero-order chi connectivity index (χ0) is 11.5. The molecule has 0 unspecified atom stereocenters. The Morgan fingerprint density at radius 3 is 2.69 bits per heavy atom. The number of hydrogen-bond donors (Lipinski definition) is 1. The molecule has 0 saturated heterocycles. The summed E-state index contributed by atoms with van der Waals surface area (Å²) in [6.45, 7) is 4.06. The first-order valence-corrected chi connectivity index (χ1v) is 6.29. The van der Waals surface area contributed by atoms with Gasteiger partial charge in [0.2, 0.25) is 0 Å². The van der Waals surface area contributed by atoms with Gasteiger partial charge in [0, 0.05) is 23.2 Å². The summed E-state index contributed by atoms with van der Waals surface area (Å²) in [6.07, 6.45) is 2.01. The third-order valence-electron chi connectivity index (χ3n) is 2.64. The van der Waals surface area contributed by atoms with Gasteiger partial charge in [-0.2, -0.15) is 0 Å². The molecule has 1 heterocycles. The Hall–Kier alpha value is -1.35. The average Bonchev–Trinajstić information content (AvgIpc) is 2.66. The molecule has 0 saturated carbocycles. The van der Waals surface area contributed by atoms with E-state index in [-0.39, 0.29) is 0 Å². The Balaban J connectivity index is 2.02. The van der Waals surface area contributed by atoms with Crippen LogP contribution in [0.2, 0.25) is 0 Å². The maximum absolute atomic E-state index is 5.88. The highest BCUT2D eigenvalue weighted by Gasteiger charge is 2.01. The van der Waals surface area contributed by atoms with Crippen LogP contribution in [-0.2, 0) is 12.8 Å². The number of rotatable bonds is 3. The molecule has 0 aliphatic carbocycles. The largest absolute Gasteiger partial charge is 0.399 e. The predicted molar refractivity (Wildman–Crippen MR) is 69.9 cm³/mol. The number of nitrogens with zero attached hydrogens (tertiary/aromatic N) is 1. The van der Waals surface area contributed by atoms with Crippen molar-refractivity contribution in [1.29, 1.82) is 0 Å². The molecule has 0 fully saturated rings. The molecule has 2 nitrogen and oxygen atoms in total. The maximum Gasteiger partial charge on any atom is 0.0931 e. The molecule has 0 bridgehead atoms. The standard InChI is InChI=1S/C13H16N2S/c1-9-3-4-11(7-12(9)14)5-6-13-15-10(2)8-16-13/h3-4,7-8H,5-6,14H2,1-2H3. The highest BCUT2D eigenvalue weighted by atomic mass is 32.1. The summed E-state index contributed by atoms with van der Waals surface area (Å²) in [7, 11) is 0. The third kappa shape index (κ3) is 2.61. The average molecular weight is 232 g/mol. The molecule has 2 N–H and O–H groups in total. The molecule has 84 valence electrons. The van der Waals surface area contributed by atoms with Crippen molar-refractivity contribution in [2.75, 3.05) is 5.73 Å². The van der Waals surface area contributed by atoms with Gasteiger partial charge in [-0.25, -0.2) is 4.98 Å². The van der Waals surface area contributed by atoms with Gasteiger partial charge in [0.1, 0.15) is 0 Å². The van der Waals surface area contributed by atoms with Crippen molar-refractivity contribution in [2.45, 2.75) is 26.7 Å². The van der Waals surface area contributed by atoms with Gasteiger partial charge < -0.3 is 5.73 Å². The second-order valence-corrected chi connectivity index (χ2v) is 5.02. The molecular formula is C13H16N2S. The van der Waals surface area contributed by atoms with Gasteiger partial charge in [0.15, 0.2) is 0 Å². The monoisotopic (exact) mass is 232 g/mol. The van der Waals surface area contributed by atoms with Crippen LogP contribution in [-0.4, -0.2) is 4.98 Å². The smallest absolute Gasteiger partial charge is 0.0931 e. The van der Waals surface area contributed by atoms with Crippen LogP contribution in [0.25, 0.3) is 0 Å². The molecule has 0 aliphatic heterocycles. The Kier molecular flexibility index (Phi) is 3.25. The van der Waals surface area contributed by atoms with Gasteiger partial charge in [-0.15, -0.1) is 11.3 Å². The first-order valence-electron chi connectivity index (χ1n) is 5.41. The van der Waals surface area contributed by atoms with Crippen molar-refractivity contribution in [3.05, 3.63) is 45.4 Å². The van der Waals surface area contributed by atoms with E-state index in [0.29, 0.717) is 0 Å². The summed E-state index contributed by atoms with van der Waals surface area (Å²) >= 11 is 1.73. The lowest BCUT2D eigenvalue weighted by atomic mass is 10.1. The fourth-order valence-electron chi connectivity index (χ4n) is 1.61. The van der Waals surface area contributed by atoms with Crippen LogP contribution in [0.4, 0.5) is 5.69 Å². The minimum atomic E-state index is 0.882. The number of hydrogen-bond acceptors (Lipinski definition) is 3. The summed E-state index contributed by atoms with van der Waals surface area (Å²) in [5.41, 5.74) is 10.3. The molecule has 0 spiro atoms. The van der Waals surface area contributed by atoms with Crippen molar-refractivity contribution < 1.29 is 0 Å². The van der Waals surface area contributed by atoms with E-state index >= 15 is 0 Å². The molecule has 0 aliphatic rings. The molecule has 0 atom stereocenters. The summed E-state index contributed by atoms with van der Waals surface area (Å²) in [5.74, 6) is 0. The van der Waals surface area contributed by atoms with Crippen molar-refractivity contribution in [3.8, 4) is 0 Å². The lowest BCUT2D eigenvalue weighted by Crippen LogP contribution is -1.95. The van der Waals surface area contributed by atoms with E-state index in [2.05, 4.69) is 28.6 Å². The molecule has 0 radical (unpaired) electrons. The van der Waals surface area contributed by atoms with Gasteiger partial charge >= 0.3 is 0 Å². The summed E-state index contributed by atoms with van der Waals surface area (Å²) in [4.78, 5) is 4.45. The van der Waals surface area contributed by atoms with Gasteiger partial charge in [0.05, 0.1) is 5.01 Å². The number of anilines is 1. The molecule has 1 aromatic heterocycles. The van der Waals surface area contributed by atoms with Crippen LogP contribution >= 0.6 is 11.3 Å². The van der Waals surface area contributed by atoms with Crippen molar-refractivity contribution in [2.24, 2.45) is 0 Å². The molecule has 16 heavy (non-hydrogen) atoms. The van der Waals surface area contributed by atoms with E-state index in [1.165, 1.54) is 10.6 Å². The van der Waals surface area contributed by atoms with Crippen molar-refractivity contribution >= 4 is 17.0 Å². The van der Waals surface area contributed by atoms with Crippen LogP contribution in [0.3, 0.4) is 0 Å².